The zero-order valence-corrected chi connectivity index (χ0v) is 13.2. The number of rotatable bonds is 3. The molecule has 1 amide bonds. The van der Waals surface area contributed by atoms with E-state index in [2.05, 4.69) is 10.3 Å². The van der Waals surface area contributed by atoms with Crippen LogP contribution in [0.4, 0.5) is 5.69 Å². The van der Waals surface area contributed by atoms with Crippen molar-refractivity contribution < 1.29 is 4.79 Å². The molecule has 0 bridgehead atoms. The highest BCUT2D eigenvalue weighted by molar-refractivity contribution is 6.30. The van der Waals surface area contributed by atoms with E-state index in [1.807, 2.05) is 42.6 Å². The second-order valence-corrected chi connectivity index (χ2v) is 5.55. The molecule has 22 heavy (non-hydrogen) atoms. The van der Waals surface area contributed by atoms with Gasteiger partial charge in [-0.25, -0.2) is 4.98 Å². The number of hydrogen-bond acceptors (Lipinski definition) is 2. The average Bonchev–Trinajstić information content (AvgIpc) is 2.87. The number of fused-ring (bicyclic) bond motifs is 1. The van der Waals surface area contributed by atoms with Crippen molar-refractivity contribution in [1.29, 1.82) is 0 Å². The van der Waals surface area contributed by atoms with Gasteiger partial charge >= 0.3 is 0 Å². The summed E-state index contributed by atoms with van der Waals surface area (Å²) in [6, 6.07) is 11.0. The molecule has 1 N–H and O–H groups in total. The summed E-state index contributed by atoms with van der Waals surface area (Å²) in [7, 11) is 0. The van der Waals surface area contributed by atoms with Gasteiger partial charge in [0, 0.05) is 16.9 Å². The minimum Gasteiger partial charge on any atom is -0.321 e. The van der Waals surface area contributed by atoms with Crippen LogP contribution in [0.15, 0.2) is 42.6 Å². The highest BCUT2D eigenvalue weighted by Crippen LogP contribution is 2.20. The number of benzene rings is 1. The molecule has 0 atom stereocenters. The number of anilines is 1. The molecule has 2 aromatic heterocycles. The molecule has 0 aliphatic heterocycles. The molecule has 0 saturated carbocycles. The summed E-state index contributed by atoms with van der Waals surface area (Å²) in [6.07, 6.45) is 2.56. The van der Waals surface area contributed by atoms with Crippen LogP contribution in [-0.4, -0.2) is 15.3 Å². The normalized spacial score (nSPS) is 10.9. The summed E-state index contributed by atoms with van der Waals surface area (Å²) in [5.41, 5.74) is 3.88. The van der Waals surface area contributed by atoms with Crippen LogP contribution in [0, 0.1) is 6.92 Å². The van der Waals surface area contributed by atoms with E-state index in [4.69, 9.17) is 11.6 Å². The maximum Gasteiger partial charge on any atom is 0.274 e. The van der Waals surface area contributed by atoms with Crippen molar-refractivity contribution in [2.24, 2.45) is 0 Å². The third-order valence-electron chi connectivity index (χ3n) is 3.55. The van der Waals surface area contributed by atoms with Crippen molar-refractivity contribution in [3.63, 3.8) is 0 Å². The molecule has 0 unspecified atom stereocenters. The molecular weight excluding hydrogens is 298 g/mol. The van der Waals surface area contributed by atoms with Crippen LogP contribution in [0.1, 0.15) is 28.7 Å². The van der Waals surface area contributed by atoms with Gasteiger partial charge < -0.3 is 5.32 Å². The molecule has 0 aliphatic carbocycles. The number of amides is 1. The number of nitrogens with one attached hydrogen (secondary N) is 1. The Labute approximate surface area is 133 Å². The molecule has 3 aromatic rings. The fraction of sp³-hybridized carbons (Fsp3) is 0.176. The van der Waals surface area contributed by atoms with Gasteiger partial charge in [0.25, 0.3) is 5.91 Å². The van der Waals surface area contributed by atoms with Gasteiger partial charge in [-0.2, -0.15) is 0 Å². The Kier molecular flexibility index (Phi) is 3.86. The molecule has 3 rings (SSSR count). The molecule has 0 fully saturated rings. The van der Waals surface area contributed by atoms with Gasteiger partial charge in [-0.05, 0) is 43.2 Å². The Bertz CT molecular complexity index is 854. The van der Waals surface area contributed by atoms with E-state index in [1.165, 1.54) is 0 Å². The quantitative estimate of drug-likeness (QED) is 0.791. The predicted molar refractivity (Wildman–Crippen MR) is 88.7 cm³/mol. The van der Waals surface area contributed by atoms with Crippen molar-refractivity contribution in [3.8, 4) is 0 Å². The Balaban J connectivity index is 2.05. The van der Waals surface area contributed by atoms with Crippen LogP contribution in [-0.2, 0) is 6.42 Å². The molecule has 4 nitrogen and oxygen atoms in total. The van der Waals surface area contributed by atoms with E-state index in [9.17, 15) is 4.79 Å². The fourth-order valence-corrected chi connectivity index (χ4v) is 2.68. The van der Waals surface area contributed by atoms with Crippen molar-refractivity contribution in [2.75, 3.05) is 5.32 Å². The van der Waals surface area contributed by atoms with Gasteiger partial charge in [0.15, 0.2) is 0 Å². The molecule has 0 saturated heterocycles. The lowest BCUT2D eigenvalue weighted by molar-refractivity contribution is 0.102. The molecule has 0 radical (unpaired) electrons. The smallest absolute Gasteiger partial charge is 0.274 e. The SMILES string of the molecule is CCc1nc2c(C)cccn2c1C(=O)Nc1cccc(Cl)c1. The fourth-order valence-electron chi connectivity index (χ4n) is 2.49. The monoisotopic (exact) mass is 313 g/mol. The van der Waals surface area contributed by atoms with Gasteiger partial charge in [0.05, 0.1) is 5.69 Å². The van der Waals surface area contributed by atoms with Gasteiger partial charge in [-0.1, -0.05) is 30.7 Å². The summed E-state index contributed by atoms with van der Waals surface area (Å²) in [5.74, 6) is -0.183. The topological polar surface area (TPSA) is 46.4 Å². The lowest BCUT2D eigenvalue weighted by Gasteiger charge is -2.07. The van der Waals surface area contributed by atoms with E-state index in [0.29, 0.717) is 22.8 Å². The molecule has 0 aliphatic rings. The maximum absolute atomic E-state index is 12.7. The standard InChI is InChI=1S/C17H16ClN3O/c1-3-14-15(21-9-5-6-11(2)16(21)20-14)17(22)19-13-8-4-7-12(18)10-13/h4-10H,3H2,1-2H3,(H,19,22). The first-order chi connectivity index (χ1) is 10.6. The lowest BCUT2D eigenvalue weighted by atomic mass is 10.2. The van der Waals surface area contributed by atoms with Crippen molar-refractivity contribution >= 4 is 28.8 Å². The van der Waals surface area contributed by atoms with Crippen LogP contribution in [0.3, 0.4) is 0 Å². The number of aromatic nitrogens is 2. The molecule has 5 heteroatoms. The molecule has 1 aromatic carbocycles. The zero-order chi connectivity index (χ0) is 15.7. The first kappa shape index (κ1) is 14.6. The minimum absolute atomic E-state index is 0.183. The summed E-state index contributed by atoms with van der Waals surface area (Å²) in [5, 5.41) is 3.47. The Morgan fingerprint density at radius 2 is 2.14 bits per heavy atom. The Morgan fingerprint density at radius 3 is 2.86 bits per heavy atom. The van der Waals surface area contributed by atoms with Crippen LogP contribution in [0.2, 0.25) is 5.02 Å². The van der Waals surface area contributed by atoms with E-state index in [-0.39, 0.29) is 5.91 Å². The van der Waals surface area contributed by atoms with Crippen molar-refractivity contribution in [1.82, 2.24) is 9.38 Å². The average molecular weight is 314 g/mol. The molecule has 112 valence electrons. The van der Waals surface area contributed by atoms with Gasteiger partial charge in [-0.3, -0.25) is 9.20 Å². The Morgan fingerprint density at radius 1 is 1.32 bits per heavy atom. The lowest BCUT2D eigenvalue weighted by Crippen LogP contribution is -2.16. The van der Waals surface area contributed by atoms with Gasteiger partial charge in [-0.15, -0.1) is 0 Å². The second kappa shape index (κ2) is 5.81. The number of nitrogens with zero attached hydrogens (tertiary/aromatic N) is 2. The van der Waals surface area contributed by atoms with E-state index in [0.717, 1.165) is 16.9 Å². The second-order valence-electron chi connectivity index (χ2n) is 5.11. The highest BCUT2D eigenvalue weighted by atomic mass is 35.5. The molecule has 2 heterocycles. The molecular formula is C17H16ClN3O. The summed E-state index contributed by atoms with van der Waals surface area (Å²) in [6.45, 7) is 3.98. The third kappa shape index (κ3) is 2.57. The first-order valence-corrected chi connectivity index (χ1v) is 7.51. The van der Waals surface area contributed by atoms with Gasteiger partial charge in [0.1, 0.15) is 11.3 Å². The molecule has 0 spiro atoms. The van der Waals surface area contributed by atoms with Crippen LogP contribution < -0.4 is 5.32 Å². The summed E-state index contributed by atoms with van der Waals surface area (Å²) in [4.78, 5) is 17.3. The van der Waals surface area contributed by atoms with E-state index < -0.39 is 0 Å². The predicted octanol–water partition coefficient (Wildman–Crippen LogP) is 4.11. The highest BCUT2D eigenvalue weighted by Gasteiger charge is 2.19. The largest absolute Gasteiger partial charge is 0.321 e. The summed E-state index contributed by atoms with van der Waals surface area (Å²) >= 11 is 5.96. The number of carbonyl (C=O) groups is 1. The number of halogens is 1. The van der Waals surface area contributed by atoms with Crippen molar-refractivity contribution in [3.05, 3.63) is 64.6 Å². The van der Waals surface area contributed by atoms with Crippen LogP contribution >= 0.6 is 11.6 Å². The van der Waals surface area contributed by atoms with Crippen molar-refractivity contribution in [2.45, 2.75) is 20.3 Å². The van der Waals surface area contributed by atoms with Crippen LogP contribution in [0.25, 0.3) is 5.65 Å². The first-order valence-electron chi connectivity index (χ1n) is 7.13. The third-order valence-corrected chi connectivity index (χ3v) is 3.78. The Hall–Kier alpha value is -2.33. The summed E-state index contributed by atoms with van der Waals surface area (Å²) < 4.78 is 1.84. The number of imidazole rings is 1. The minimum atomic E-state index is -0.183. The number of aryl methyl sites for hydroxylation is 2. The van der Waals surface area contributed by atoms with E-state index in [1.54, 1.807) is 18.2 Å². The maximum atomic E-state index is 12.7. The van der Waals surface area contributed by atoms with Gasteiger partial charge in [0.2, 0.25) is 0 Å². The van der Waals surface area contributed by atoms with Crippen LogP contribution in [0.5, 0.6) is 0 Å². The number of pyridine rings is 1. The zero-order valence-electron chi connectivity index (χ0n) is 12.4. The number of carbonyl (C=O) groups excluding carboxylic acids is 1. The number of hydrogen-bond donors (Lipinski definition) is 1. The van der Waals surface area contributed by atoms with E-state index >= 15 is 0 Å².